The smallest absolute Gasteiger partial charge is 0.339 e. The number of carboxylic acid groups (broad SMARTS) is 1. The van der Waals surface area contributed by atoms with Crippen molar-refractivity contribution < 1.29 is 14.6 Å². The number of unbranched alkanes of at least 4 members (excludes halogenated alkanes) is 1. The molecule has 1 N–H and O–H groups in total. The van der Waals surface area contributed by atoms with Crippen LogP contribution in [0.5, 0.6) is 5.75 Å². The third-order valence-electron chi connectivity index (χ3n) is 2.96. The van der Waals surface area contributed by atoms with E-state index in [1.165, 1.54) is 0 Å². The highest BCUT2D eigenvalue weighted by molar-refractivity contribution is 5.92. The van der Waals surface area contributed by atoms with Crippen LogP contribution in [0.1, 0.15) is 30.1 Å². The maximum atomic E-state index is 11.3. The first-order valence-electron chi connectivity index (χ1n) is 6.63. The predicted molar refractivity (Wildman–Crippen MR) is 77.0 cm³/mol. The van der Waals surface area contributed by atoms with Crippen LogP contribution < -0.4 is 4.74 Å². The van der Waals surface area contributed by atoms with Gasteiger partial charge < -0.3 is 9.84 Å². The van der Waals surface area contributed by atoms with Gasteiger partial charge >= 0.3 is 5.97 Å². The van der Waals surface area contributed by atoms with Crippen molar-refractivity contribution in [2.75, 3.05) is 6.61 Å². The highest BCUT2D eigenvalue weighted by Gasteiger charge is 2.13. The van der Waals surface area contributed by atoms with E-state index in [2.05, 4.69) is 11.9 Å². The van der Waals surface area contributed by atoms with Gasteiger partial charge in [-0.15, -0.1) is 0 Å². The number of pyridine rings is 1. The topological polar surface area (TPSA) is 59.4 Å². The number of benzene rings is 1. The van der Waals surface area contributed by atoms with E-state index < -0.39 is 5.97 Å². The Labute approximate surface area is 118 Å². The van der Waals surface area contributed by atoms with E-state index in [4.69, 9.17) is 4.74 Å². The quantitative estimate of drug-likeness (QED) is 0.815. The first kappa shape index (κ1) is 14.1. The van der Waals surface area contributed by atoms with Gasteiger partial charge in [0.05, 0.1) is 6.61 Å². The Morgan fingerprint density at radius 1 is 1.30 bits per heavy atom. The fourth-order valence-electron chi connectivity index (χ4n) is 1.86. The normalized spacial score (nSPS) is 10.2. The molecule has 2 aromatic rings. The van der Waals surface area contributed by atoms with Gasteiger partial charge in [-0.3, -0.25) is 4.98 Å². The van der Waals surface area contributed by atoms with Crippen LogP contribution in [0.3, 0.4) is 0 Å². The van der Waals surface area contributed by atoms with E-state index in [9.17, 15) is 9.90 Å². The van der Waals surface area contributed by atoms with Crippen LogP contribution in [0.15, 0.2) is 42.7 Å². The Kier molecular flexibility index (Phi) is 4.71. The molecule has 0 unspecified atom stereocenters. The molecule has 0 fully saturated rings. The van der Waals surface area contributed by atoms with Crippen LogP contribution in [0.4, 0.5) is 0 Å². The number of aromatic carboxylic acids is 1. The molecule has 4 heteroatoms. The maximum absolute atomic E-state index is 11.3. The fourth-order valence-corrected chi connectivity index (χ4v) is 1.86. The van der Waals surface area contributed by atoms with Crippen molar-refractivity contribution in [1.82, 2.24) is 4.98 Å². The molecule has 0 aliphatic carbocycles. The molecule has 0 saturated carbocycles. The molecule has 0 spiro atoms. The van der Waals surface area contributed by atoms with E-state index in [0.717, 1.165) is 24.0 Å². The molecule has 0 bridgehead atoms. The van der Waals surface area contributed by atoms with Crippen LogP contribution in [0.25, 0.3) is 11.1 Å². The summed E-state index contributed by atoms with van der Waals surface area (Å²) >= 11 is 0. The molecule has 2 rings (SSSR count). The van der Waals surface area contributed by atoms with E-state index in [1.807, 2.05) is 18.2 Å². The van der Waals surface area contributed by atoms with Crippen molar-refractivity contribution in [1.29, 1.82) is 0 Å². The number of nitrogens with zero attached hydrogens (tertiary/aromatic N) is 1. The molecule has 0 atom stereocenters. The average molecular weight is 271 g/mol. The lowest BCUT2D eigenvalue weighted by Gasteiger charge is -2.10. The van der Waals surface area contributed by atoms with Gasteiger partial charge in [0.15, 0.2) is 0 Å². The zero-order valence-electron chi connectivity index (χ0n) is 11.4. The largest absolute Gasteiger partial charge is 0.493 e. The number of carboxylic acids is 1. The van der Waals surface area contributed by atoms with Crippen molar-refractivity contribution in [2.24, 2.45) is 0 Å². The molecule has 0 saturated heterocycles. The predicted octanol–water partition coefficient (Wildman–Crippen LogP) is 3.63. The highest BCUT2D eigenvalue weighted by Crippen LogP contribution is 2.26. The Balaban J connectivity index is 2.30. The number of hydrogen-bond acceptors (Lipinski definition) is 3. The summed E-state index contributed by atoms with van der Waals surface area (Å²) in [5, 5.41) is 9.30. The third-order valence-corrected chi connectivity index (χ3v) is 2.96. The number of aromatic nitrogens is 1. The minimum atomic E-state index is -0.984. The summed E-state index contributed by atoms with van der Waals surface area (Å²) in [4.78, 5) is 15.4. The second kappa shape index (κ2) is 6.70. The standard InChI is InChI=1S/C16H17NO3/c1-2-3-9-20-15-7-6-12(10-14(15)16(18)19)13-5-4-8-17-11-13/h4-8,10-11H,2-3,9H2,1H3,(H,18,19). The molecule has 0 aliphatic heterocycles. The van der Waals surface area contributed by atoms with Gasteiger partial charge in [-0.1, -0.05) is 25.5 Å². The SMILES string of the molecule is CCCCOc1ccc(-c2cccnc2)cc1C(=O)O. The Morgan fingerprint density at radius 3 is 2.80 bits per heavy atom. The second-order valence-electron chi connectivity index (χ2n) is 4.46. The summed E-state index contributed by atoms with van der Waals surface area (Å²) in [5.74, 6) is -0.569. The van der Waals surface area contributed by atoms with Crippen LogP contribution in [-0.4, -0.2) is 22.7 Å². The van der Waals surface area contributed by atoms with Crippen molar-refractivity contribution in [3.05, 3.63) is 48.3 Å². The second-order valence-corrected chi connectivity index (χ2v) is 4.46. The number of rotatable bonds is 6. The van der Waals surface area contributed by atoms with Crippen LogP contribution in [0.2, 0.25) is 0 Å². The molecule has 104 valence electrons. The lowest BCUT2D eigenvalue weighted by molar-refractivity contribution is 0.0692. The highest BCUT2D eigenvalue weighted by atomic mass is 16.5. The van der Waals surface area contributed by atoms with Gasteiger partial charge in [-0.2, -0.15) is 0 Å². The summed E-state index contributed by atoms with van der Waals surface area (Å²) in [6, 6.07) is 8.90. The molecular formula is C16H17NO3. The average Bonchev–Trinajstić information content (AvgIpc) is 2.48. The molecule has 20 heavy (non-hydrogen) atoms. The summed E-state index contributed by atoms with van der Waals surface area (Å²) in [7, 11) is 0. The number of hydrogen-bond donors (Lipinski definition) is 1. The van der Waals surface area contributed by atoms with Crippen LogP contribution >= 0.6 is 0 Å². The zero-order chi connectivity index (χ0) is 14.4. The van der Waals surface area contributed by atoms with Crippen molar-refractivity contribution in [2.45, 2.75) is 19.8 Å². The fraction of sp³-hybridized carbons (Fsp3) is 0.250. The van der Waals surface area contributed by atoms with Crippen LogP contribution in [-0.2, 0) is 0 Å². The Hall–Kier alpha value is -2.36. The number of ether oxygens (including phenoxy) is 1. The van der Waals surface area contributed by atoms with Gasteiger partial charge in [-0.05, 0) is 30.2 Å². The van der Waals surface area contributed by atoms with E-state index in [1.54, 1.807) is 24.5 Å². The minimum Gasteiger partial charge on any atom is -0.493 e. The van der Waals surface area contributed by atoms with Gasteiger partial charge in [0, 0.05) is 18.0 Å². The molecule has 1 aromatic carbocycles. The van der Waals surface area contributed by atoms with E-state index >= 15 is 0 Å². The molecule has 0 aliphatic rings. The zero-order valence-corrected chi connectivity index (χ0v) is 11.4. The maximum Gasteiger partial charge on any atom is 0.339 e. The molecule has 4 nitrogen and oxygen atoms in total. The molecule has 1 aromatic heterocycles. The van der Waals surface area contributed by atoms with Gasteiger partial charge in [-0.25, -0.2) is 4.79 Å². The molecule has 0 amide bonds. The van der Waals surface area contributed by atoms with E-state index in [-0.39, 0.29) is 5.56 Å². The summed E-state index contributed by atoms with van der Waals surface area (Å²) in [6.07, 6.45) is 5.31. The lowest BCUT2D eigenvalue weighted by Crippen LogP contribution is -2.04. The monoisotopic (exact) mass is 271 g/mol. The van der Waals surface area contributed by atoms with E-state index in [0.29, 0.717) is 12.4 Å². The molecular weight excluding hydrogens is 254 g/mol. The van der Waals surface area contributed by atoms with Crippen molar-refractivity contribution >= 4 is 5.97 Å². The summed E-state index contributed by atoms with van der Waals surface area (Å²) in [6.45, 7) is 2.59. The Bertz CT molecular complexity index is 582. The van der Waals surface area contributed by atoms with Gasteiger partial charge in [0.2, 0.25) is 0 Å². The first-order valence-corrected chi connectivity index (χ1v) is 6.63. The Morgan fingerprint density at radius 2 is 2.15 bits per heavy atom. The molecule has 1 heterocycles. The lowest BCUT2D eigenvalue weighted by atomic mass is 10.0. The van der Waals surface area contributed by atoms with Crippen molar-refractivity contribution in [3.63, 3.8) is 0 Å². The minimum absolute atomic E-state index is 0.183. The van der Waals surface area contributed by atoms with Gasteiger partial charge in [0.1, 0.15) is 11.3 Å². The van der Waals surface area contributed by atoms with Crippen molar-refractivity contribution in [3.8, 4) is 16.9 Å². The number of carbonyl (C=O) groups is 1. The summed E-state index contributed by atoms with van der Waals surface area (Å²) in [5.41, 5.74) is 1.89. The first-order chi connectivity index (χ1) is 9.72. The molecule has 0 radical (unpaired) electrons. The van der Waals surface area contributed by atoms with Gasteiger partial charge in [0.25, 0.3) is 0 Å². The third kappa shape index (κ3) is 3.35. The summed E-state index contributed by atoms with van der Waals surface area (Å²) < 4.78 is 5.53. The van der Waals surface area contributed by atoms with Crippen LogP contribution in [0, 0.1) is 0 Å².